The van der Waals surface area contributed by atoms with Gasteiger partial charge in [0.2, 0.25) is 5.91 Å². The minimum Gasteiger partial charge on any atom is -0.490 e. The van der Waals surface area contributed by atoms with Crippen LogP contribution in [-0.4, -0.2) is 18.7 Å². The van der Waals surface area contributed by atoms with E-state index < -0.39 is 0 Å². The highest BCUT2D eigenvalue weighted by Crippen LogP contribution is 2.29. The molecule has 2 aromatic carbocycles. The molecule has 2 aromatic rings. The molecule has 0 atom stereocenters. The summed E-state index contributed by atoms with van der Waals surface area (Å²) in [6, 6.07) is 13.1. The SMILES string of the molecule is CCCCCCCCCCCC(=O)N/N=C/c1ccc(OCc2ccc(Cl)cc2)c(OCC)c1. The van der Waals surface area contributed by atoms with Crippen molar-refractivity contribution in [2.24, 2.45) is 5.10 Å². The zero-order valence-corrected chi connectivity index (χ0v) is 21.4. The van der Waals surface area contributed by atoms with Gasteiger partial charge < -0.3 is 9.47 Å². The molecule has 1 N–H and O–H groups in total. The number of benzene rings is 2. The Morgan fingerprint density at radius 2 is 1.56 bits per heavy atom. The topological polar surface area (TPSA) is 59.9 Å². The first-order valence-corrected chi connectivity index (χ1v) is 13.0. The molecule has 2 rings (SSSR count). The lowest BCUT2D eigenvalue weighted by atomic mass is 10.1. The fraction of sp³-hybridized carbons (Fsp3) is 0.500. The van der Waals surface area contributed by atoms with Crippen LogP contribution in [0.3, 0.4) is 0 Å². The molecule has 0 aliphatic heterocycles. The van der Waals surface area contributed by atoms with E-state index in [0.717, 1.165) is 24.0 Å². The molecule has 6 heteroatoms. The summed E-state index contributed by atoms with van der Waals surface area (Å²) in [6.45, 7) is 5.10. The van der Waals surface area contributed by atoms with E-state index in [9.17, 15) is 4.79 Å². The van der Waals surface area contributed by atoms with Crippen molar-refractivity contribution in [3.63, 3.8) is 0 Å². The number of nitrogens with one attached hydrogen (secondary N) is 1. The van der Waals surface area contributed by atoms with E-state index >= 15 is 0 Å². The third kappa shape index (κ3) is 11.6. The van der Waals surface area contributed by atoms with Gasteiger partial charge in [-0.25, -0.2) is 5.43 Å². The summed E-state index contributed by atoms with van der Waals surface area (Å²) in [5.41, 5.74) is 4.47. The number of amides is 1. The average molecular weight is 487 g/mol. The van der Waals surface area contributed by atoms with Crippen molar-refractivity contribution in [3.05, 3.63) is 58.6 Å². The van der Waals surface area contributed by atoms with Gasteiger partial charge in [-0.1, -0.05) is 82.0 Å². The molecule has 0 spiro atoms. The Labute approximate surface area is 209 Å². The van der Waals surface area contributed by atoms with E-state index in [1.807, 2.05) is 49.4 Å². The van der Waals surface area contributed by atoms with Crippen molar-refractivity contribution in [2.45, 2.75) is 84.7 Å². The maximum atomic E-state index is 12.0. The third-order valence-corrected chi connectivity index (χ3v) is 5.74. The lowest BCUT2D eigenvalue weighted by Crippen LogP contribution is -2.16. The van der Waals surface area contributed by atoms with Gasteiger partial charge in [0.25, 0.3) is 0 Å². The quantitative estimate of drug-likeness (QED) is 0.141. The van der Waals surface area contributed by atoms with Gasteiger partial charge in [0.1, 0.15) is 6.61 Å². The summed E-state index contributed by atoms with van der Waals surface area (Å²) < 4.78 is 11.7. The Morgan fingerprint density at radius 1 is 0.882 bits per heavy atom. The van der Waals surface area contributed by atoms with Crippen LogP contribution < -0.4 is 14.9 Å². The lowest BCUT2D eigenvalue weighted by molar-refractivity contribution is -0.121. The summed E-state index contributed by atoms with van der Waals surface area (Å²) in [6.07, 6.45) is 13.2. The molecule has 0 unspecified atom stereocenters. The van der Waals surface area contributed by atoms with E-state index in [4.69, 9.17) is 21.1 Å². The van der Waals surface area contributed by atoms with Crippen LogP contribution in [0.25, 0.3) is 0 Å². The largest absolute Gasteiger partial charge is 0.490 e. The van der Waals surface area contributed by atoms with Gasteiger partial charge in [0.05, 0.1) is 12.8 Å². The first-order valence-electron chi connectivity index (χ1n) is 12.6. The number of carbonyl (C=O) groups is 1. The van der Waals surface area contributed by atoms with Crippen LogP contribution in [0, 0.1) is 0 Å². The minimum atomic E-state index is -0.0489. The molecule has 1 amide bonds. The van der Waals surface area contributed by atoms with Crippen molar-refractivity contribution in [1.82, 2.24) is 5.43 Å². The number of halogens is 1. The molecule has 34 heavy (non-hydrogen) atoms. The number of hydrogen-bond donors (Lipinski definition) is 1. The second kappa shape index (κ2) is 17.0. The number of carbonyl (C=O) groups excluding carboxylic acids is 1. The Bertz CT molecular complexity index is 868. The fourth-order valence-electron chi connectivity index (χ4n) is 3.57. The molecule has 0 bridgehead atoms. The first-order chi connectivity index (χ1) is 16.6. The third-order valence-electron chi connectivity index (χ3n) is 5.49. The Morgan fingerprint density at radius 3 is 2.24 bits per heavy atom. The van der Waals surface area contributed by atoms with Crippen molar-refractivity contribution in [1.29, 1.82) is 0 Å². The highest BCUT2D eigenvalue weighted by Gasteiger charge is 2.07. The van der Waals surface area contributed by atoms with Crippen LogP contribution in [0.4, 0.5) is 0 Å². The zero-order chi connectivity index (χ0) is 24.4. The van der Waals surface area contributed by atoms with E-state index in [2.05, 4.69) is 17.5 Å². The van der Waals surface area contributed by atoms with Crippen LogP contribution in [0.5, 0.6) is 11.5 Å². The van der Waals surface area contributed by atoms with Gasteiger partial charge in [-0.2, -0.15) is 5.10 Å². The minimum absolute atomic E-state index is 0.0489. The highest BCUT2D eigenvalue weighted by atomic mass is 35.5. The Hall–Kier alpha value is -2.53. The van der Waals surface area contributed by atoms with Crippen molar-refractivity contribution >= 4 is 23.7 Å². The second-order valence-electron chi connectivity index (χ2n) is 8.43. The number of unbranched alkanes of at least 4 members (excludes halogenated alkanes) is 8. The van der Waals surface area contributed by atoms with E-state index in [-0.39, 0.29) is 5.91 Å². The lowest BCUT2D eigenvalue weighted by Gasteiger charge is -2.12. The van der Waals surface area contributed by atoms with Gasteiger partial charge in [0, 0.05) is 11.4 Å². The number of hydrazone groups is 1. The Balaban J connectivity index is 1.72. The van der Waals surface area contributed by atoms with Gasteiger partial charge >= 0.3 is 0 Å². The predicted octanol–water partition coefficient (Wildman–Crippen LogP) is 7.69. The average Bonchev–Trinajstić information content (AvgIpc) is 2.84. The van der Waals surface area contributed by atoms with Crippen LogP contribution in [0.1, 0.15) is 89.2 Å². The molecular weight excluding hydrogens is 448 g/mol. The van der Waals surface area contributed by atoms with Gasteiger partial charge in [-0.15, -0.1) is 0 Å². The van der Waals surface area contributed by atoms with E-state index in [0.29, 0.717) is 36.2 Å². The molecule has 0 radical (unpaired) electrons. The molecule has 0 saturated heterocycles. The van der Waals surface area contributed by atoms with Crippen LogP contribution in [0.15, 0.2) is 47.6 Å². The normalized spacial score (nSPS) is 11.0. The van der Waals surface area contributed by atoms with Crippen molar-refractivity contribution < 1.29 is 14.3 Å². The predicted molar refractivity (Wildman–Crippen MR) is 141 cm³/mol. The molecule has 0 fully saturated rings. The van der Waals surface area contributed by atoms with Crippen molar-refractivity contribution in [2.75, 3.05) is 6.61 Å². The first kappa shape index (κ1) is 27.7. The number of hydrogen-bond acceptors (Lipinski definition) is 4. The monoisotopic (exact) mass is 486 g/mol. The summed E-state index contributed by atoms with van der Waals surface area (Å²) in [5.74, 6) is 1.25. The summed E-state index contributed by atoms with van der Waals surface area (Å²) >= 11 is 5.94. The van der Waals surface area contributed by atoms with E-state index in [1.54, 1.807) is 6.21 Å². The van der Waals surface area contributed by atoms with Crippen LogP contribution in [0.2, 0.25) is 5.02 Å². The smallest absolute Gasteiger partial charge is 0.240 e. The molecule has 0 aromatic heterocycles. The summed E-state index contributed by atoms with van der Waals surface area (Å²) in [7, 11) is 0. The standard InChI is InChI=1S/C28H39ClN2O3/c1-3-5-6-7-8-9-10-11-12-13-28(32)31-30-21-24-16-19-26(27(20-24)33-4-2)34-22-23-14-17-25(29)18-15-23/h14-21H,3-13,22H2,1-2H3,(H,31,32)/b30-21+. The summed E-state index contributed by atoms with van der Waals surface area (Å²) in [5, 5.41) is 4.79. The maximum absolute atomic E-state index is 12.0. The van der Waals surface area contributed by atoms with Crippen LogP contribution >= 0.6 is 11.6 Å². The van der Waals surface area contributed by atoms with Gasteiger partial charge in [-0.3, -0.25) is 4.79 Å². The number of rotatable bonds is 17. The van der Waals surface area contributed by atoms with E-state index in [1.165, 1.54) is 44.9 Å². The van der Waals surface area contributed by atoms with Gasteiger partial charge in [0.15, 0.2) is 11.5 Å². The number of ether oxygens (including phenoxy) is 2. The second-order valence-corrected chi connectivity index (χ2v) is 8.86. The molecule has 0 heterocycles. The molecular formula is C28H39ClN2O3. The fourth-order valence-corrected chi connectivity index (χ4v) is 3.69. The van der Waals surface area contributed by atoms with Gasteiger partial charge in [-0.05, 0) is 54.8 Å². The zero-order valence-electron chi connectivity index (χ0n) is 20.7. The highest BCUT2D eigenvalue weighted by molar-refractivity contribution is 6.30. The summed E-state index contributed by atoms with van der Waals surface area (Å²) in [4.78, 5) is 12.0. The molecule has 0 saturated carbocycles. The number of nitrogens with zero attached hydrogens (tertiary/aromatic N) is 1. The maximum Gasteiger partial charge on any atom is 0.240 e. The van der Waals surface area contributed by atoms with Crippen LogP contribution in [-0.2, 0) is 11.4 Å². The molecule has 186 valence electrons. The molecule has 5 nitrogen and oxygen atoms in total. The van der Waals surface area contributed by atoms with Crippen molar-refractivity contribution in [3.8, 4) is 11.5 Å². The molecule has 0 aliphatic carbocycles. The Kier molecular flexibility index (Phi) is 13.8. The molecule has 0 aliphatic rings.